The molecule has 5 nitrogen and oxygen atoms in total. The second kappa shape index (κ2) is 19.6. The molecule has 0 radical (unpaired) electrons. The maximum atomic E-state index is 10.9. The summed E-state index contributed by atoms with van der Waals surface area (Å²) in [5, 5.41) is 17.4. The van der Waals surface area contributed by atoms with Crippen LogP contribution < -0.4 is 46.3 Å². The molecular formula is C55H53BrIN3O2. The van der Waals surface area contributed by atoms with E-state index in [0.717, 1.165) is 17.8 Å². The van der Waals surface area contributed by atoms with Crippen LogP contribution >= 0.6 is 0 Å². The van der Waals surface area contributed by atoms with Gasteiger partial charge in [-0.25, -0.2) is 0 Å². The average molecular weight is 995 g/mol. The Hall–Kier alpha value is -5.64. The molecule has 0 saturated carbocycles. The first-order chi connectivity index (χ1) is 29.1. The van der Waals surface area contributed by atoms with Crippen molar-refractivity contribution in [1.29, 1.82) is 0 Å². The molecule has 314 valence electrons. The van der Waals surface area contributed by atoms with Crippen molar-refractivity contribution in [1.82, 2.24) is 0 Å². The summed E-state index contributed by atoms with van der Waals surface area (Å²) in [4.78, 5) is 10.9. The lowest BCUT2D eigenvalue weighted by Gasteiger charge is -2.24. The monoisotopic (exact) mass is 993 g/mol. The van der Waals surface area contributed by atoms with E-state index in [4.69, 9.17) is 5.11 Å². The summed E-state index contributed by atoms with van der Waals surface area (Å²) in [6.45, 7) is 9.47. The van der Waals surface area contributed by atoms with Gasteiger partial charge in [-0.3, -0.25) is 4.79 Å². The van der Waals surface area contributed by atoms with Crippen LogP contribution in [0.15, 0.2) is 182 Å². The first-order valence-electron chi connectivity index (χ1n) is 20.8. The first-order valence-corrected chi connectivity index (χ1v) is 20.8. The summed E-state index contributed by atoms with van der Waals surface area (Å²) in [5.74, 6) is -0.755. The Morgan fingerprint density at radius 1 is 0.661 bits per heavy atom. The number of hydrogen-bond donors (Lipinski definition) is 2. The number of allylic oxidation sites excluding steroid dienone is 3. The van der Waals surface area contributed by atoms with E-state index in [1.54, 1.807) is 0 Å². The highest BCUT2D eigenvalue weighted by Crippen LogP contribution is 2.46. The van der Waals surface area contributed by atoms with Gasteiger partial charge < -0.3 is 51.4 Å². The molecule has 1 atom stereocenters. The second-order valence-electron chi connectivity index (χ2n) is 16.6. The van der Waals surface area contributed by atoms with Crippen LogP contribution in [0.4, 0.5) is 17.1 Å². The van der Waals surface area contributed by atoms with Gasteiger partial charge >= 0.3 is 5.97 Å². The number of halogens is 2. The van der Waals surface area contributed by atoms with Gasteiger partial charge in [-0.1, -0.05) is 127 Å². The zero-order valence-electron chi connectivity index (χ0n) is 35.9. The molecule has 62 heavy (non-hydrogen) atoms. The van der Waals surface area contributed by atoms with Crippen LogP contribution in [0.3, 0.4) is 0 Å². The zero-order valence-corrected chi connectivity index (χ0v) is 39.7. The largest absolute Gasteiger partial charge is 1.00 e. The third-order valence-electron chi connectivity index (χ3n) is 12.5. The van der Waals surface area contributed by atoms with Gasteiger partial charge in [0.05, 0.1) is 10.8 Å². The molecule has 7 heteroatoms. The predicted molar refractivity (Wildman–Crippen MR) is 251 cm³/mol. The van der Waals surface area contributed by atoms with Crippen molar-refractivity contribution in [2.75, 3.05) is 18.9 Å². The third-order valence-corrected chi connectivity index (χ3v) is 12.5. The maximum Gasteiger partial charge on any atom is 0.309 e. The number of nitrogens with zero attached hydrogens (tertiary/aromatic N) is 2. The van der Waals surface area contributed by atoms with Crippen LogP contribution in [0.2, 0.25) is 0 Å². The number of carboxylic acids is 1. The van der Waals surface area contributed by atoms with E-state index in [9.17, 15) is 4.79 Å². The smallest absolute Gasteiger partial charge is 0.309 e. The summed E-state index contributed by atoms with van der Waals surface area (Å²) in [7, 11) is 2.20. The molecule has 0 amide bonds. The Morgan fingerprint density at radius 3 is 1.84 bits per heavy atom. The Bertz CT molecular complexity index is 2850. The fourth-order valence-electron chi connectivity index (χ4n) is 9.29. The number of hydrogen-bond acceptors (Lipinski definition) is 2. The van der Waals surface area contributed by atoms with Gasteiger partial charge in [0.1, 0.15) is 13.5 Å². The first kappa shape index (κ1) is 45.9. The molecule has 0 fully saturated rings. The number of benzene rings is 7. The Balaban J connectivity index is 0.000000237. The van der Waals surface area contributed by atoms with E-state index in [0.29, 0.717) is 6.54 Å². The van der Waals surface area contributed by atoms with Gasteiger partial charge in [-0.15, -0.1) is 0 Å². The van der Waals surface area contributed by atoms with E-state index in [-0.39, 0.29) is 58.2 Å². The normalized spacial score (nSPS) is 16.1. The van der Waals surface area contributed by atoms with Crippen molar-refractivity contribution in [3.05, 3.63) is 199 Å². The molecule has 2 N–H and O–H groups in total. The number of nitrogens with one attached hydrogen (secondary N) is 1. The summed E-state index contributed by atoms with van der Waals surface area (Å²) >= 11 is 0. The number of para-hydroxylation sites is 1. The standard InChI is InChI=1S/C37H32N2.C18H19NO2.BrH.HI/c1-37(27-28-20-22-30(23-21-28)29-13-5-3-6-14-29)35(19-11-12-26-38-32-16-7-4-8-17-32)39(2)34-25-24-31-15-9-10-18-33(31)36(34)37;1-12-18(2,3)17-14-7-5-4-6-13(14)8-9-15(17)19(12)11-10-16(20)21;;/h3-26H,27H2,1-2H3;4-9H,10-11H2,1-3H3;2*1H. The Labute approximate surface area is 393 Å². The summed E-state index contributed by atoms with van der Waals surface area (Å²) in [5.41, 5.74) is 12.3. The van der Waals surface area contributed by atoms with E-state index in [1.165, 1.54) is 66.5 Å². The molecule has 0 aromatic heterocycles. The molecule has 2 heterocycles. The fourth-order valence-corrected chi connectivity index (χ4v) is 9.29. The van der Waals surface area contributed by atoms with Crippen molar-refractivity contribution >= 4 is 56.0 Å². The SMILES string of the molecule is CC1=[N+](CCC(=O)O)c2ccc3ccccc3c2C1(C)C.C[N+]1=C(/C=C/C=C/Nc2ccccc2)C(C)(Cc2ccc(-c3ccccc3)cc2)c2c1ccc1ccccc21.[Br-].[I-]. The number of carbonyl (C=O) groups is 1. The molecule has 1 unspecified atom stereocenters. The van der Waals surface area contributed by atoms with E-state index in [2.05, 4.69) is 207 Å². The molecule has 0 spiro atoms. The molecular weight excluding hydrogens is 941 g/mol. The van der Waals surface area contributed by atoms with Gasteiger partial charge in [0.15, 0.2) is 18.0 Å². The number of fused-ring (bicyclic) bond motifs is 6. The number of aliphatic carboxylic acids is 1. The van der Waals surface area contributed by atoms with Crippen LogP contribution in [0, 0.1) is 0 Å². The minimum atomic E-state index is -0.755. The molecule has 2 aliphatic heterocycles. The van der Waals surface area contributed by atoms with E-state index < -0.39 is 5.97 Å². The third kappa shape index (κ3) is 9.11. The maximum absolute atomic E-state index is 10.9. The van der Waals surface area contributed by atoms with Crippen molar-refractivity contribution in [2.45, 2.75) is 51.4 Å². The molecule has 7 aromatic carbocycles. The van der Waals surface area contributed by atoms with Crippen LogP contribution in [-0.2, 0) is 22.0 Å². The van der Waals surface area contributed by atoms with Crippen molar-refractivity contribution < 1.29 is 60.0 Å². The second-order valence-corrected chi connectivity index (χ2v) is 16.6. The summed E-state index contributed by atoms with van der Waals surface area (Å²) in [6, 6.07) is 55.9. The van der Waals surface area contributed by atoms with Gasteiger partial charge in [0.2, 0.25) is 11.4 Å². The lowest BCUT2D eigenvalue weighted by Crippen LogP contribution is -3.00. The minimum absolute atomic E-state index is 0. The Morgan fingerprint density at radius 2 is 1.21 bits per heavy atom. The van der Waals surface area contributed by atoms with Gasteiger partial charge in [-0.05, 0) is 95.8 Å². The van der Waals surface area contributed by atoms with Crippen molar-refractivity contribution in [2.24, 2.45) is 0 Å². The van der Waals surface area contributed by atoms with Crippen LogP contribution in [0.1, 0.15) is 50.8 Å². The average Bonchev–Trinajstić information content (AvgIpc) is 3.61. The van der Waals surface area contributed by atoms with E-state index >= 15 is 0 Å². The number of rotatable bonds is 10. The Kier molecular flexibility index (Phi) is 14.5. The van der Waals surface area contributed by atoms with Crippen molar-refractivity contribution in [3.8, 4) is 11.1 Å². The molecule has 2 aliphatic rings. The fraction of sp³-hybridized carbons (Fsp3) is 0.182. The van der Waals surface area contributed by atoms with E-state index in [1.807, 2.05) is 24.4 Å². The number of carboxylic acid groups (broad SMARTS) is 1. The van der Waals surface area contributed by atoms with Gasteiger partial charge in [0.25, 0.3) is 0 Å². The van der Waals surface area contributed by atoms with Crippen LogP contribution in [-0.4, -0.2) is 45.2 Å². The molecule has 9 rings (SSSR count). The molecule has 0 aliphatic carbocycles. The predicted octanol–water partition coefficient (Wildman–Crippen LogP) is 6.64. The van der Waals surface area contributed by atoms with Crippen molar-refractivity contribution in [3.63, 3.8) is 0 Å². The highest BCUT2D eigenvalue weighted by Gasteiger charge is 2.48. The van der Waals surface area contributed by atoms with Crippen LogP contribution in [0.25, 0.3) is 32.7 Å². The lowest BCUT2D eigenvalue weighted by atomic mass is 9.73. The summed E-state index contributed by atoms with van der Waals surface area (Å²) < 4.78 is 4.53. The van der Waals surface area contributed by atoms with Gasteiger partial charge in [-0.2, -0.15) is 9.15 Å². The highest BCUT2D eigenvalue weighted by atomic mass is 127. The molecule has 7 aromatic rings. The molecule has 0 bridgehead atoms. The molecule has 0 saturated heterocycles. The van der Waals surface area contributed by atoms with Crippen LogP contribution in [0.5, 0.6) is 0 Å². The quantitative estimate of drug-likeness (QED) is 0.0920. The number of anilines is 1. The topological polar surface area (TPSA) is 55.4 Å². The summed E-state index contributed by atoms with van der Waals surface area (Å²) in [6.07, 6.45) is 9.55. The zero-order chi connectivity index (χ0) is 41.9. The minimum Gasteiger partial charge on any atom is -1.00 e. The highest BCUT2D eigenvalue weighted by molar-refractivity contribution is 6.08. The lowest BCUT2D eigenvalue weighted by molar-refractivity contribution is -0.438. The van der Waals surface area contributed by atoms with Gasteiger partial charge in [0, 0.05) is 48.1 Å².